The van der Waals surface area contributed by atoms with Gasteiger partial charge in [0.2, 0.25) is 0 Å². The van der Waals surface area contributed by atoms with Gasteiger partial charge < -0.3 is 4.74 Å². The highest BCUT2D eigenvalue weighted by atomic mass is 32.2. The minimum absolute atomic E-state index is 0.0760. The van der Waals surface area contributed by atoms with Crippen LogP contribution in [0.1, 0.15) is 0 Å². The van der Waals surface area contributed by atoms with Gasteiger partial charge in [-0.2, -0.15) is 21.6 Å². The largest absolute Gasteiger partial charge is 0.525 e. The van der Waals surface area contributed by atoms with Gasteiger partial charge in [0, 0.05) is 7.11 Å². The van der Waals surface area contributed by atoms with E-state index in [-0.39, 0.29) is 6.61 Å². The summed E-state index contributed by atoms with van der Waals surface area (Å²) in [7, 11) is -4.39. The van der Waals surface area contributed by atoms with E-state index < -0.39 is 22.2 Å². The molecule has 0 unspecified atom stereocenters. The van der Waals surface area contributed by atoms with Crippen LogP contribution in [0.25, 0.3) is 0 Å². The Kier molecular flexibility index (Phi) is 4.61. The third kappa shape index (κ3) is 4.41. The van der Waals surface area contributed by atoms with Crippen molar-refractivity contribution in [3.8, 4) is 0 Å². The Morgan fingerprint density at radius 3 is 2.15 bits per heavy atom. The van der Waals surface area contributed by atoms with Crippen molar-refractivity contribution < 1.29 is 35.5 Å². The molecule has 0 aliphatic carbocycles. The molecule has 0 spiro atoms. The van der Waals surface area contributed by atoms with Gasteiger partial charge in [-0.25, -0.2) is 4.89 Å². The van der Waals surface area contributed by atoms with Gasteiger partial charge in [0.15, 0.2) is 0 Å². The van der Waals surface area contributed by atoms with Gasteiger partial charge in [-0.05, 0) is 0 Å². The molecule has 0 aromatic rings. The number of methoxy groups -OCH3 is 1. The van der Waals surface area contributed by atoms with Gasteiger partial charge in [0.25, 0.3) is 0 Å². The van der Waals surface area contributed by atoms with Crippen LogP contribution in [-0.4, -0.2) is 34.2 Å². The molecular weight excluding hydrogens is 217 g/mol. The Bertz CT molecular complexity index is 233. The molecule has 0 rings (SSSR count). The highest BCUT2D eigenvalue weighted by Gasteiger charge is 2.48. The summed E-state index contributed by atoms with van der Waals surface area (Å²) in [5.41, 5.74) is -5.47. The number of hydrogen-bond donors (Lipinski definition) is 0. The zero-order valence-electron chi connectivity index (χ0n) is 6.50. The second-order valence-corrected chi connectivity index (χ2v) is 3.29. The summed E-state index contributed by atoms with van der Waals surface area (Å²) in [6.45, 7) is -0.487. The van der Waals surface area contributed by atoms with E-state index in [0.29, 0.717) is 0 Å². The molecule has 9 heteroatoms. The van der Waals surface area contributed by atoms with E-state index >= 15 is 0 Å². The van der Waals surface area contributed by atoms with Crippen LogP contribution in [0.3, 0.4) is 0 Å². The molecule has 0 bridgehead atoms. The van der Waals surface area contributed by atoms with E-state index in [0.717, 1.165) is 0 Å². The van der Waals surface area contributed by atoms with E-state index in [1.165, 1.54) is 7.11 Å². The molecule has 5 nitrogen and oxygen atoms in total. The maximum Gasteiger partial charge on any atom is 0.525 e. The van der Waals surface area contributed by atoms with Crippen LogP contribution in [0.15, 0.2) is 0 Å². The Morgan fingerprint density at radius 2 is 1.77 bits per heavy atom. The molecule has 0 saturated heterocycles. The van der Waals surface area contributed by atoms with Crippen molar-refractivity contribution in [2.75, 3.05) is 20.3 Å². The van der Waals surface area contributed by atoms with E-state index in [2.05, 4.69) is 14.0 Å². The summed E-state index contributed by atoms with van der Waals surface area (Å²) in [5.74, 6) is 0. The lowest BCUT2D eigenvalue weighted by atomic mass is 10.8. The fourth-order valence-corrected chi connectivity index (χ4v) is 0.525. The molecule has 0 N–H and O–H groups in total. The quantitative estimate of drug-likeness (QED) is 0.293. The van der Waals surface area contributed by atoms with Gasteiger partial charge >= 0.3 is 15.6 Å². The lowest BCUT2D eigenvalue weighted by molar-refractivity contribution is -0.220. The zero-order valence-corrected chi connectivity index (χ0v) is 7.31. The molecule has 0 aromatic carbocycles. The number of ether oxygens (including phenoxy) is 1. The van der Waals surface area contributed by atoms with Crippen molar-refractivity contribution in [3.05, 3.63) is 0 Å². The lowest BCUT2D eigenvalue weighted by Gasteiger charge is -2.06. The molecule has 0 fully saturated rings. The van der Waals surface area contributed by atoms with Crippen molar-refractivity contribution in [1.29, 1.82) is 0 Å². The molecule has 0 saturated carbocycles. The highest BCUT2D eigenvalue weighted by molar-refractivity contribution is 7.87. The summed E-state index contributed by atoms with van der Waals surface area (Å²) in [6.07, 6.45) is 0. The van der Waals surface area contributed by atoms with Crippen molar-refractivity contribution in [2.45, 2.75) is 5.51 Å². The zero-order chi connectivity index (χ0) is 10.5. The van der Waals surface area contributed by atoms with Crippen LogP contribution in [-0.2, 0) is 24.1 Å². The average molecular weight is 224 g/mol. The maximum absolute atomic E-state index is 11.5. The molecule has 0 atom stereocenters. The highest BCUT2D eigenvalue weighted by Crippen LogP contribution is 2.24. The van der Waals surface area contributed by atoms with Crippen molar-refractivity contribution in [2.24, 2.45) is 0 Å². The molecule has 0 aliphatic rings. The van der Waals surface area contributed by atoms with E-state index in [1.54, 1.807) is 0 Å². The third-order valence-corrected chi connectivity index (χ3v) is 1.63. The van der Waals surface area contributed by atoms with Crippen molar-refractivity contribution >= 4 is 10.1 Å². The summed E-state index contributed by atoms with van der Waals surface area (Å²) in [6, 6.07) is 0. The second-order valence-electron chi connectivity index (χ2n) is 1.78. The summed E-state index contributed by atoms with van der Waals surface area (Å²) >= 11 is 0. The van der Waals surface area contributed by atoms with Crippen LogP contribution in [0, 0.1) is 0 Å². The van der Waals surface area contributed by atoms with Gasteiger partial charge in [-0.1, -0.05) is 4.33 Å². The molecule has 13 heavy (non-hydrogen) atoms. The van der Waals surface area contributed by atoms with Crippen LogP contribution in [0.5, 0.6) is 0 Å². The maximum atomic E-state index is 11.5. The molecule has 0 amide bonds. The monoisotopic (exact) mass is 224 g/mol. The summed E-state index contributed by atoms with van der Waals surface area (Å²) < 4.78 is 62.3. The topological polar surface area (TPSA) is 61.8 Å². The predicted molar refractivity (Wildman–Crippen MR) is 33.9 cm³/mol. The number of hydrogen-bond acceptors (Lipinski definition) is 5. The molecule has 0 radical (unpaired) electrons. The Morgan fingerprint density at radius 1 is 1.23 bits per heavy atom. The normalized spacial score (nSPS) is 13.2. The Labute approximate surface area is 72.4 Å². The predicted octanol–water partition coefficient (Wildman–Crippen LogP) is 0.431. The number of alkyl halides is 3. The van der Waals surface area contributed by atoms with Crippen LogP contribution < -0.4 is 0 Å². The van der Waals surface area contributed by atoms with Crippen molar-refractivity contribution in [1.82, 2.24) is 0 Å². The summed E-state index contributed by atoms with van der Waals surface area (Å²) in [5, 5.41) is 0. The van der Waals surface area contributed by atoms with Crippen LogP contribution in [0.4, 0.5) is 13.2 Å². The van der Waals surface area contributed by atoms with Gasteiger partial charge in [-0.15, -0.1) is 0 Å². The first kappa shape index (κ1) is 12.6. The minimum atomic E-state index is -5.66. The first-order valence-corrected chi connectivity index (χ1v) is 4.33. The Balaban J connectivity index is 3.92. The van der Waals surface area contributed by atoms with Crippen molar-refractivity contribution in [3.63, 3.8) is 0 Å². The SMILES string of the molecule is COCCOOS(=O)(=O)C(F)(F)F. The first-order chi connectivity index (χ1) is 5.81. The average Bonchev–Trinajstić information content (AvgIpc) is 1.96. The van der Waals surface area contributed by atoms with Crippen LogP contribution >= 0.6 is 0 Å². The van der Waals surface area contributed by atoms with Gasteiger partial charge in [-0.3, -0.25) is 0 Å². The van der Waals surface area contributed by atoms with E-state index in [1.807, 2.05) is 0 Å². The molecular formula is C4H7F3O5S. The smallest absolute Gasteiger partial charge is 0.382 e. The number of halogens is 3. The molecule has 0 heterocycles. The lowest BCUT2D eigenvalue weighted by Crippen LogP contribution is -2.26. The molecule has 0 aliphatic heterocycles. The molecule has 80 valence electrons. The molecule has 0 aromatic heterocycles. The van der Waals surface area contributed by atoms with Crippen LogP contribution in [0.2, 0.25) is 0 Å². The standard InChI is InChI=1S/C4H7F3O5S/c1-10-2-3-11-12-13(8,9)4(5,6)7/h2-3H2,1H3. The number of rotatable bonds is 5. The summed E-state index contributed by atoms with van der Waals surface area (Å²) in [4.78, 5) is 3.73. The third-order valence-electron chi connectivity index (χ3n) is 0.792. The second kappa shape index (κ2) is 4.74. The van der Waals surface area contributed by atoms with Gasteiger partial charge in [0.05, 0.1) is 6.61 Å². The van der Waals surface area contributed by atoms with Gasteiger partial charge in [0.1, 0.15) is 6.61 Å². The fourth-order valence-electron chi connectivity index (χ4n) is 0.253. The minimum Gasteiger partial charge on any atom is -0.382 e. The Hall–Kier alpha value is -0.380. The van der Waals surface area contributed by atoms with E-state index in [9.17, 15) is 21.6 Å². The first-order valence-electron chi connectivity index (χ1n) is 2.92. The fraction of sp³-hybridized carbons (Fsp3) is 1.00. The van der Waals surface area contributed by atoms with E-state index in [4.69, 9.17) is 0 Å².